The molecule has 0 aliphatic heterocycles. The van der Waals surface area contributed by atoms with Crippen LogP contribution in [0.1, 0.15) is 17.0 Å². The van der Waals surface area contributed by atoms with Crippen LogP contribution in [0.15, 0.2) is 126 Å². The zero-order chi connectivity index (χ0) is 23.6. The SMILES string of the molecule is O=C(Nc1ccccc1-c1nc2ccc3ccccc3c2o1)C(c1ccccc1)c1ccccc1. The molecule has 1 N–H and O–H groups in total. The number of benzene rings is 5. The molecule has 4 nitrogen and oxygen atoms in total. The lowest BCUT2D eigenvalue weighted by Gasteiger charge is -2.19. The standard InChI is InChI=1S/C31H22N2O2/c34-30(28(22-12-3-1-4-13-22)23-14-5-2-6-15-23)32-26-18-10-9-17-25(26)31-33-27-20-19-21-11-7-8-16-24(21)29(27)35-31/h1-20,28H,(H,32,34). The Morgan fingerprint density at radius 2 is 1.31 bits per heavy atom. The third kappa shape index (κ3) is 3.96. The summed E-state index contributed by atoms with van der Waals surface area (Å²) < 4.78 is 6.26. The molecule has 0 spiro atoms. The first-order valence-electron chi connectivity index (χ1n) is 11.6. The van der Waals surface area contributed by atoms with Crippen LogP contribution in [0.25, 0.3) is 33.3 Å². The topological polar surface area (TPSA) is 55.1 Å². The highest BCUT2D eigenvalue weighted by atomic mass is 16.3. The quantitative estimate of drug-likeness (QED) is 0.295. The molecule has 1 aromatic heterocycles. The lowest BCUT2D eigenvalue weighted by Crippen LogP contribution is -2.22. The van der Waals surface area contributed by atoms with Crippen molar-refractivity contribution < 1.29 is 9.21 Å². The maximum absolute atomic E-state index is 13.7. The normalized spacial score (nSPS) is 11.2. The van der Waals surface area contributed by atoms with Gasteiger partial charge in [0, 0.05) is 5.39 Å². The van der Waals surface area contributed by atoms with Crippen LogP contribution in [0.5, 0.6) is 0 Å². The minimum Gasteiger partial charge on any atom is -0.435 e. The lowest BCUT2D eigenvalue weighted by molar-refractivity contribution is -0.116. The number of nitrogens with one attached hydrogen (secondary N) is 1. The van der Waals surface area contributed by atoms with E-state index in [0.29, 0.717) is 11.6 Å². The molecule has 1 amide bonds. The molecule has 0 saturated heterocycles. The summed E-state index contributed by atoms with van der Waals surface area (Å²) in [7, 11) is 0. The Kier molecular flexibility index (Phi) is 5.32. The molecule has 1 heterocycles. The van der Waals surface area contributed by atoms with Gasteiger partial charge in [0.15, 0.2) is 5.58 Å². The van der Waals surface area contributed by atoms with Gasteiger partial charge in [-0.15, -0.1) is 0 Å². The number of hydrogen-bond donors (Lipinski definition) is 1. The Morgan fingerprint density at radius 3 is 2.06 bits per heavy atom. The van der Waals surface area contributed by atoms with Crippen molar-refractivity contribution in [1.82, 2.24) is 4.98 Å². The summed E-state index contributed by atoms with van der Waals surface area (Å²) >= 11 is 0. The summed E-state index contributed by atoms with van der Waals surface area (Å²) in [5, 5.41) is 5.26. The third-order valence-corrected chi connectivity index (χ3v) is 6.22. The van der Waals surface area contributed by atoms with Gasteiger partial charge in [-0.05, 0) is 34.7 Å². The van der Waals surface area contributed by atoms with Crippen molar-refractivity contribution in [2.45, 2.75) is 5.92 Å². The number of rotatable bonds is 5. The van der Waals surface area contributed by atoms with Crippen molar-refractivity contribution in [3.05, 3.63) is 132 Å². The highest BCUT2D eigenvalue weighted by Gasteiger charge is 2.24. The summed E-state index contributed by atoms with van der Waals surface area (Å²) in [6, 6.07) is 39.4. The second kappa shape index (κ2) is 8.92. The van der Waals surface area contributed by atoms with E-state index in [1.807, 2.05) is 115 Å². The lowest BCUT2D eigenvalue weighted by atomic mass is 9.90. The van der Waals surface area contributed by atoms with Crippen LogP contribution in [0, 0.1) is 0 Å². The van der Waals surface area contributed by atoms with Gasteiger partial charge in [-0.25, -0.2) is 4.98 Å². The molecule has 0 atom stereocenters. The molecule has 168 valence electrons. The molecule has 0 fully saturated rings. The molecule has 0 unspecified atom stereocenters. The first-order valence-corrected chi connectivity index (χ1v) is 11.6. The fraction of sp³-hybridized carbons (Fsp3) is 0.0323. The Balaban J connectivity index is 1.40. The van der Waals surface area contributed by atoms with E-state index in [4.69, 9.17) is 9.40 Å². The van der Waals surface area contributed by atoms with Gasteiger partial charge in [-0.3, -0.25) is 4.79 Å². The molecular formula is C31H22N2O2. The second-order valence-corrected chi connectivity index (χ2v) is 8.44. The van der Waals surface area contributed by atoms with Gasteiger partial charge in [0.05, 0.1) is 17.2 Å². The van der Waals surface area contributed by atoms with Gasteiger partial charge in [0.1, 0.15) is 5.52 Å². The first kappa shape index (κ1) is 20.9. The van der Waals surface area contributed by atoms with E-state index in [0.717, 1.165) is 38.6 Å². The maximum atomic E-state index is 13.7. The summed E-state index contributed by atoms with van der Waals surface area (Å²) in [5.41, 5.74) is 4.78. The number of anilines is 1. The number of nitrogens with zero attached hydrogens (tertiary/aromatic N) is 1. The van der Waals surface area contributed by atoms with Crippen LogP contribution in [0.4, 0.5) is 5.69 Å². The van der Waals surface area contributed by atoms with Crippen LogP contribution >= 0.6 is 0 Å². The average Bonchev–Trinajstić information content (AvgIpc) is 3.35. The van der Waals surface area contributed by atoms with Gasteiger partial charge in [-0.2, -0.15) is 0 Å². The van der Waals surface area contributed by atoms with Crippen LogP contribution < -0.4 is 5.32 Å². The average molecular weight is 455 g/mol. The molecule has 0 aliphatic carbocycles. The molecule has 35 heavy (non-hydrogen) atoms. The Hall–Kier alpha value is -4.70. The van der Waals surface area contributed by atoms with Crippen molar-refractivity contribution in [1.29, 1.82) is 0 Å². The van der Waals surface area contributed by atoms with Crippen LogP contribution in [-0.4, -0.2) is 10.9 Å². The maximum Gasteiger partial charge on any atom is 0.236 e. The van der Waals surface area contributed by atoms with Crippen molar-refractivity contribution in [3.8, 4) is 11.5 Å². The van der Waals surface area contributed by atoms with Crippen molar-refractivity contribution in [2.24, 2.45) is 0 Å². The fourth-order valence-electron chi connectivity index (χ4n) is 4.54. The van der Waals surface area contributed by atoms with E-state index in [-0.39, 0.29) is 5.91 Å². The number of carbonyl (C=O) groups excluding carboxylic acids is 1. The van der Waals surface area contributed by atoms with Crippen LogP contribution in [0.2, 0.25) is 0 Å². The number of aromatic nitrogens is 1. The summed E-state index contributed by atoms with van der Waals surface area (Å²) in [6.07, 6.45) is 0. The third-order valence-electron chi connectivity index (χ3n) is 6.22. The van der Waals surface area contributed by atoms with Gasteiger partial charge in [0.25, 0.3) is 0 Å². The van der Waals surface area contributed by atoms with E-state index in [1.165, 1.54) is 0 Å². The van der Waals surface area contributed by atoms with Gasteiger partial charge < -0.3 is 9.73 Å². The molecule has 6 aromatic rings. The van der Waals surface area contributed by atoms with E-state index < -0.39 is 5.92 Å². The number of para-hydroxylation sites is 1. The first-order chi connectivity index (χ1) is 17.3. The number of carbonyl (C=O) groups is 1. The fourth-order valence-corrected chi connectivity index (χ4v) is 4.54. The number of hydrogen-bond acceptors (Lipinski definition) is 3. The zero-order valence-electron chi connectivity index (χ0n) is 18.9. The Morgan fingerprint density at radius 1 is 0.686 bits per heavy atom. The monoisotopic (exact) mass is 454 g/mol. The molecule has 5 aromatic carbocycles. The van der Waals surface area contributed by atoms with Gasteiger partial charge >= 0.3 is 0 Å². The zero-order valence-corrected chi connectivity index (χ0v) is 18.9. The Bertz CT molecular complexity index is 1600. The predicted molar refractivity (Wildman–Crippen MR) is 140 cm³/mol. The largest absolute Gasteiger partial charge is 0.435 e. The van der Waals surface area contributed by atoms with E-state index in [1.54, 1.807) is 0 Å². The Labute approximate surface area is 202 Å². The number of oxazole rings is 1. The molecule has 0 bridgehead atoms. The minimum atomic E-state index is -0.446. The second-order valence-electron chi connectivity index (χ2n) is 8.44. The van der Waals surface area contributed by atoms with Gasteiger partial charge in [0.2, 0.25) is 11.8 Å². The summed E-state index contributed by atoms with van der Waals surface area (Å²) in [6.45, 7) is 0. The van der Waals surface area contributed by atoms with Crippen molar-refractivity contribution >= 4 is 33.5 Å². The summed E-state index contributed by atoms with van der Waals surface area (Å²) in [5.74, 6) is -0.0855. The van der Waals surface area contributed by atoms with E-state index in [2.05, 4.69) is 11.4 Å². The number of fused-ring (bicyclic) bond motifs is 3. The molecular weight excluding hydrogens is 432 g/mol. The van der Waals surface area contributed by atoms with E-state index in [9.17, 15) is 4.79 Å². The van der Waals surface area contributed by atoms with Crippen molar-refractivity contribution in [3.63, 3.8) is 0 Å². The molecule has 0 saturated carbocycles. The molecule has 0 radical (unpaired) electrons. The number of amides is 1. The van der Waals surface area contributed by atoms with E-state index >= 15 is 0 Å². The van der Waals surface area contributed by atoms with Crippen molar-refractivity contribution in [2.75, 3.05) is 5.32 Å². The molecule has 0 aliphatic rings. The van der Waals surface area contributed by atoms with Crippen LogP contribution in [-0.2, 0) is 4.79 Å². The minimum absolute atomic E-state index is 0.114. The smallest absolute Gasteiger partial charge is 0.236 e. The predicted octanol–water partition coefficient (Wildman–Crippen LogP) is 7.42. The van der Waals surface area contributed by atoms with Gasteiger partial charge in [-0.1, -0.05) is 103 Å². The summed E-state index contributed by atoms with van der Waals surface area (Å²) in [4.78, 5) is 18.4. The molecule has 4 heteroatoms. The molecule has 6 rings (SSSR count). The highest BCUT2D eigenvalue weighted by molar-refractivity contribution is 6.04. The highest BCUT2D eigenvalue weighted by Crippen LogP contribution is 2.34. The van der Waals surface area contributed by atoms with Crippen LogP contribution in [0.3, 0.4) is 0 Å².